The number of aryl methyl sites for hydroxylation is 1. The van der Waals surface area contributed by atoms with Crippen molar-refractivity contribution in [3.63, 3.8) is 0 Å². The van der Waals surface area contributed by atoms with Gasteiger partial charge in [0, 0.05) is 53.8 Å². The van der Waals surface area contributed by atoms with E-state index in [0.29, 0.717) is 61.5 Å². The van der Waals surface area contributed by atoms with Crippen molar-refractivity contribution in [2.45, 2.75) is 101 Å². The standard InChI is InChI=1S/C44H47ClF3N5O5/c1-57-40-25(6-3-7-27-13-17-37(54)49-27)12-15-36(51-40)33-11-5-10-32(38(33)45)29-8-4-9-31-30(29)14-16-35(31)50-39-34(44(46,47)48)22-26(41(52-39)58-2)23-53-24-43(42(55)56)20-18-28(53)19-21-43/h4-5,8-12,15,22,27-28,35H,3,6-7,13-14,16-21,23-24H2,1-2H3,(H,49,54)(H,50,52)(H,55,56)/t27-,28?,35+,43?/m1/s1. The number of rotatable bonds is 13. The summed E-state index contributed by atoms with van der Waals surface area (Å²) in [6.45, 7) is 0.399. The minimum absolute atomic E-state index is 0.0780. The normalized spacial score (nSPS) is 22.8. The highest BCUT2D eigenvalue weighted by atomic mass is 35.5. The largest absolute Gasteiger partial charge is 0.481 e. The molecule has 3 saturated heterocycles. The smallest absolute Gasteiger partial charge is 0.419 e. The van der Waals surface area contributed by atoms with Gasteiger partial charge in [0.2, 0.25) is 17.7 Å². The molecule has 58 heavy (non-hydrogen) atoms. The van der Waals surface area contributed by atoms with Crippen molar-refractivity contribution in [1.29, 1.82) is 0 Å². The van der Waals surface area contributed by atoms with Gasteiger partial charge in [-0.2, -0.15) is 18.2 Å². The topological polar surface area (TPSA) is 126 Å². The Bertz CT molecular complexity index is 2230. The van der Waals surface area contributed by atoms with E-state index in [1.54, 1.807) is 7.11 Å². The second-order valence-corrected chi connectivity index (χ2v) is 16.5. The molecule has 4 fully saturated rings. The van der Waals surface area contributed by atoms with Gasteiger partial charge in [-0.15, -0.1) is 0 Å². The van der Waals surface area contributed by atoms with Crippen molar-refractivity contribution >= 4 is 29.3 Å². The zero-order valence-corrected chi connectivity index (χ0v) is 33.3. The minimum Gasteiger partial charge on any atom is -0.481 e. The highest BCUT2D eigenvalue weighted by Crippen LogP contribution is 2.48. The molecule has 4 aromatic rings. The van der Waals surface area contributed by atoms with Crippen LogP contribution in [0.3, 0.4) is 0 Å². The number of pyridine rings is 2. The third kappa shape index (κ3) is 7.70. The summed E-state index contributed by atoms with van der Waals surface area (Å²) in [7, 11) is 2.98. The molecule has 2 aromatic heterocycles. The number of carbonyl (C=O) groups excluding carboxylic acids is 1. The Labute approximate surface area is 340 Å². The molecule has 2 aromatic carbocycles. The second kappa shape index (κ2) is 16.1. The first-order valence-electron chi connectivity index (χ1n) is 20.0. The number of hydrogen-bond donors (Lipinski definition) is 3. The molecule has 0 radical (unpaired) electrons. The van der Waals surface area contributed by atoms with Gasteiger partial charge in [-0.25, -0.2) is 4.98 Å². The summed E-state index contributed by atoms with van der Waals surface area (Å²) in [5, 5.41) is 16.6. The summed E-state index contributed by atoms with van der Waals surface area (Å²) in [5.74, 6) is -0.458. The van der Waals surface area contributed by atoms with Crippen molar-refractivity contribution in [3.8, 4) is 34.1 Å². The van der Waals surface area contributed by atoms with E-state index >= 15 is 0 Å². The third-order valence-electron chi connectivity index (χ3n) is 12.7. The summed E-state index contributed by atoms with van der Waals surface area (Å²) >= 11 is 7.17. The molecular weight excluding hydrogens is 771 g/mol. The fourth-order valence-corrected chi connectivity index (χ4v) is 9.94. The van der Waals surface area contributed by atoms with E-state index in [2.05, 4.69) is 15.6 Å². The van der Waals surface area contributed by atoms with Gasteiger partial charge in [-0.1, -0.05) is 54.1 Å². The molecule has 5 aliphatic rings. The lowest BCUT2D eigenvalue weighted by Crippen LogP contribution is -2.56. The SMILES string of the molecule is COc1nc(-c2cccc(-c3cccc4c3CC[C@@H]4Nc3nc(OC)c(CN4CC5(C(=O)O)CCC4CC5)cc3C(F)(F)F)c2Cl)ccc1CCC[C@@H]1CCC(=O)N1. The predicted molar refractivity (Wildman–Crippen MR) is 214 cm³/mol. The summed E-state index contributed by atoms with van der Waals surface area (Å²) in [6.07, 6.45) is 2.93. The first-order valence-corrected chi connectivity index (χ1v) is 20.4. The first-order chi connectivity index (χ1) is 27.9. The first kappa shape index (κ1) is 39.9. The molecule has 2 aliphatic carbocycles. The number of carboxylic acids is 1. The van der Waals surface area contributed by atoms with E-state index in [0.717, 1.165) is 65.1 Å². The summed E-state index contributed by atoms with van der Waals surface area (Å²) in [5.41, 5.74) is 4.39. The van der Waals surface area contributed by atoms with Gasteiger partial charge in [-0.3, -0.25) is 14.5 Å². The molecule has 1 saturated carbocycles. The number of alkyl halides is 3. The van der Waals surface area contributed by atoms with Gasteiger partial charge in [0.25, 0.3) is 0 Å². The molecular formula is C44H47ClF3N5O5. The van der Waals surface area contributed by atoms with Gasteiger partial charge in [0.1, 0.15) is 5.82 Å². The van der Waals surface area contributed by atoms with E-state index < -0.39 is 29.2 Å². The van der Waals surface area contributed by atoms with Crippen molar-refractivity contribution < 1.29 is 37.3 Å². The number of aromatic nitrogens is 2. The lowest BCUT2D eigenvalue weighted by molar-refractivity contribution is -0.160. The Hall–Kier alpha value is -4.88. The number of anilines is 1. The van der Waals surface area contributed by atoms with Crippen LogP contribution in [0.25, 0.3) is 22.4 Å². The quantitative estimate of drug-likeness (QED) is 0.121. The minimum atomic E-state index is -4.71. The number of nitrogens with one attached hydrogen (secondary N) is 2. The number of nitrogens with zero attached hydrogens (tertiary/aromatic N) is 3. The van der Waals surface area contributed by atoms with Crippen LogP contribution >= 0.6 is 11.6 Å². The van der Waals surface area contributed by atoms with Crippen LogP contribution in [0, 0.1) is 5.41 Å². The Morgan fingerprint density at radius 2 is 1.69 bits per heavy atom. The van der Waals surface area contributed by atoms with Crippen LogP contribution in [0.1, 0.15) is 91.6 Å². The highest BCUT2D eigenvalue weighted by molar-refractivity contribution is 6.36. The van der Waals surface area contributed by atoms with Crippen LogP contribution in [0.2, 0.25) is 5.02 Å². The summed E-state index contributed by atoms with van der Waals surface area (Å²) < 4.78 is 55.6. The summed E-state index contributed by atoms with van der Waals surface area (Å²) in [4.78, 5) is 35.0. The number of fused-ring (bicyclic) bond motifs is 4. The number of benzene rings is 2. The van der Waals surface area contributed by atoms with Gasteiger partial charge >= 0.3 is 12.1 Å². The monoisotopic (exact) mass is 817 g/mol. The highest BCUT2D eigenvalue weighted by Gasteiger charge is 2.50. The fourth-order valence-electron chi connectivity index (χ4n) is 9.61. The number of hydrogen-bond acceptors (Lipinski definition) is 8. The molecule has 306 valence electrons. The van der Waals surface area contributed by atoms with Crippen LogP contribution in [-0.2, 0) is 35.2 Å². The number of carboxylic acid groups (broad SMARTS) is 1. The van der Waals surface area contributed by atoms with Crippen LogP contribution in [0.5, 0.6) is 11.8 Å². The maximum atomic E-state index is 14.8. The summed E-state index contributed by atoms with van der Waals surface area (Å²) in [6, 6.07) is 16.5. The van der Waals surface area contributed by atoms with Crippen LogP contribution in [0.4, 0.5) is 19.0 Å². The molecule has 1 amide bonds. The van der Waals surface area contributed by atoms with Crippen LogP contribution in [-0.4, -0.2) is 64.7 Å². The maximum absolute atomic E-state index is 14.8. The van der Waals surface area contributed by atoms with Crippen LogP contribution < -0.4 is 20.1 Å². The molecule has 10 nitrogen and oxygen atoms in total. The number of halogens is 4. The van der Waals surface area contributed by atoms with E-state index in [9.17, 15) is 27.9 Å². The average molecular weight is 818 g/mol. The van der Waals surface area contributed by atoms with E-state index in [-0.39, 0.29) is 48.3 Å². The average Bonchev–Trinajstić information content (AvgIpc) is 3.83. The van der Waals surface area contributed by atoms with Crippen molar-refractivity contribution in [2.75, 3.05) is 26.1 Å². The van der Waals surface area contributed by atoms with Gasteiger partial charge in [-0.05, 0) is 93.0 Å². The Balaban J connectivity index is 1.03. The number of ether oxygens (including phenoxy) is 2. The molecule has 0 spiro atoms. The number of carbonyl (C=O) groups is 2. The van der Waals surface area contributed by atoms with E-state index in [4.69, 9.17) is 26.1 Å². The predicted octanol–water partition coefficient (Wildman–Crippen LogP) is 9.03. The van der Waals surface area contributed by atoms with Gasteiger partial charge in [0.15, 0.2) is 0 Å². The van der Waals surface area contributed by atoms with Crippen molar-refractivity contribution in [2.24, 2.45) is 5.41 Å². The second-order valence-electron chi connectivity index (χ2n) is 16.1. The molecule has 3 N–H and O–H groups in total. The van der Waals surface area contributed by atoms with E-state index in [1.807, 2.05) is 53.4 Å². The lowest BCUT2D eigenvalue weighted by atomic mass is 9.67. The molecule has 2 atom stereocenters. The molecule has 2 bridgehead atoms. The zero-order valence-electron chi connectivity index (χ0n) is 32.6. The Kier molecular flexibility index (Phi) is 11.0. The zero-order chi connectivity index (χ0) is 40.8. The molecule has 14 heteroatoms. The molecule has 0 unspecified atom stereocenters. The Morgan fingerprint density at radius 1 is 0.966 bits per heavy atom. The fraction of sp³-hybridized carbons (Fsp3) is 0.455. The Morgan fingerprint density at radius 3 is 2.40 bits per heavy atom. The molecule has 3 aliphatic heterocycles. The molecule has 9 rings (SSSR count). The van der Waals surface area contributed by atoms with Crippen molar-refractivity contribution in [1.82, 2.24) is 20.2 Å². The van der Waals surface area contributed by atoms with Crippen molar-refractivity contribution in [3.05, 3.63) is 87.4 Å². The number of methoxy groups -OCH3 is 2. The van der Waals surface area contributed by atoms with Crippen LogP contribution in [0.15, 0.2) is 54.6 Å². The van der Waals surface area contributed by atoms with E-state index in [1.165, 1.54) is 7.11 Å². The van der Waals surface area contributed by atoms with Gasteiger partial charge in [0.05, 0.1) is 42.0 Å². The molecule has 5 heterocycles. The third-order valence-corrected chi connectivity index (χ3v) is 13.1. The lowest BCUT2D eigenvalue weighted by Gasteiger charge is -2.50. The number of amides is 1. The number of piperidine rings is 2. The maximum Gasteiger partial charge on any atom is 0.419 e. The number of aliphatic carboxylic acids is 1. The van der Waals surface area contributed by atoms with Gasteiger partial charge < -0.3 is 25.2 Å².